The van der Waals surface area contributed by atoms with E-state index in [4.69, 9.17) is 14.6 Å². The van der Waals surface area contributed by atoms with Crippen LogP contribution in [0.2, 0.25) is 0 Å². The van der Waals surface area contributed by atoms with E-state index < -0.39 is 20.0 Å². The van der Waals surface area contributed by atoms with Crippen molar-refractivity contribution in [2.75, 3.05) is 46.6 Å². The summed E-state index contributed by atoms with van der Waals surface area (Å²) in [7, 11) is -6.13. The monoisotopic (exact) mass is 463 g/mol. The molecule has 1 aromatic heterocycles. The zero-order chi connectivity index (χ0) is 19.4. The number of nitrogens with zero attached hydrogens (tertiary/aromatic N) is 1. The van der Waals surface area contributed by atoms with Gasteiger partial charge in [-0.25, -0.2) is 22.0 Å². The third-order valence-corrected chi connectivity index (χ3v) is 8.86. The van der Waals surface area contributed by atoms with Crippen LogP contribution in [0.4, 0.5) is 0 Å². The molecule has 1 unspecified atom stereocenters. The highest BCUT2D eigenvalue weighted by atomic mass is 35.5. The molecule has 0 amide bonds. The highest BCUT2D eigenvalue weighted by Gasteiger charge is 2.39. The van der Waals surface area contributed by atoms with E-state index in [0.717, 1.165) is 0 Å². The number of hydrogen-bond acceptors (Lipinski definition) is 8. The number of primary sulfonamides is 1. The van der Waals surface area contributed by atoms with Crippen molar-refractivity contribution in [3.8, 4) is 0 Å². The van der Waals surface area contributed by atoms with Gasteiger partial charge in [0.05, 0.1) is 13.2 Å². The van der Waals surface area contributed by atoms with Crippen LogP contribution >= 0.6 is 23.7 Å². The Morgan fingerprint density at radius 2 is 2.07 bits per heavy atom. The molecule has 0 saturated carbocycles. The molecule has 0 spiro atoms. The molecule has 1 atom stereocenters. The standard InChI is InChI=1S/C14H25N3O6S3.ClH/c1-3-16-12-10-17(5-4-6-23-8-7-22-2)26(20,21)14-11(12)9-13(24-14)25(15,18)19;/h9,12,16H,3-8,10H2,1-2H3,(H2,15,18,19);1H. The van der Waals surface area contributed by atoms with Gasteiger partial charge in [-0.15, -0.1) is 23.7 Å². The number of nitrogens with one attached hydrogen (secondary N) is 1. The van der Waals surface area contributed by atoms with Gasteiger partial charge in [-0.1, -0.05) is 6.92 Å². The lowest BCUT2D eigenvalue weighted by atomic mass is 10.1. The summed E-state index contributed by atoms with van der Waals surface area (Å²) >= 11 is 0.703. The zero-order valence-corrected chi connectivity index (χ0v) is 18.5. The summed E-state index contributed by atoms with van der Waals surface area (Å²) in [4.78, 5) is 0. The Kier molecular flexibility index (Phi) is 9.58. The van der Waals surface area contributed by atoms with Gasteiger partial charge in [0.1, 0.15) is 8.42 Å². The number of ether oxygens (including phenoxy) is 2. The van der Waals surface area contributed by atoms with E-state index >= 15 is 0 Å². The number of methoxy groups -OCH3 is 1. The van der Waals surface area contributed by atoms with Crippen LogP contribution in [-0.2, 0) is 29.5 Å². The number of likely N-dealkylation sites (N-methyl/N-ethyl adjacent to an activating group) is 1. The largest absolute Gasteiger partial charge is 0.382 e. The number of halogens is 1. The molecule has 0 bridgehead atoms. The summed E-state index contributed by atoms with van der Waals surface area (Å²) in [5.74, 6) is 0. The van der Waals surface area contributed by atoms with Gasteiger partial charge in [0, 0.05) is 38.4 Å². The van der Waals surface area contributed by atoms with E-state index in [2.05, 4.69) is 5.32 Å². The zero-order valence-electron chi connectivity index (χ0n) is 15.2. The second-order valence-electron chi connectivity index (χ2n) is 5.79. The Balaban J connectivity index is 0.00000364. The number of rotatable bonds is 10. The van der Waals surface area contributed by atoms with Crippen LogP contribution in [-0.4, -0.2) is 67.7 Å². The van der Waals surface area contributed by atoms with E-state index in [1.165, 1.54) is 10.4 Å². The number of hydrogen-bond donors (Lipinski definition) is 2. The maximum atomic E-state index is 12.9. The van der Waals surface area contributed by atoms with Crippen molar-refractivity contribution in [3.63, 3.8) is 0 Å². The molecule has 0 fully saturated rings. The maximum absolute atomic E-state index is 12.9. The lowest BCUT2D eigenvalue weighted by molar-refractivity contribution is 0.0675. The fourth-order valence-corrected chi connectivity index (χ4v) is 6.99. The van der Waals surface area contributed by atoms with Crippen LogP contribution in [0.15, 0.2) is 14.5 Å². The smallest absolute Gasteiger partial charge is 0.252 e. The average Bonchev–Trinajstić information content (AvgIpc) is 3.02. The summed E-state index contributed by atoms with van der Waals surface area (Å²) in [6, 6.07) is 1.09. The summed E-state index contributed by atoms with van der Waals surface area (Å²) in [5.41, 5.74) is 0.466. The molecule has 1 aliphatic heterocycles. The van der Waals surface area contributed by atoms with Crippen LogP contribution in [0.5, 0.6) is 0 Å². The first-order valence-corrected chi connectivity index (χ1v) is 12.0. The number of nitrogens with two attached hydrogens (primary N) is 1. The number of thiophene rings is 1. The lowest BCUT2D eigenvalue weighted by Gasteiger charge is -2.32. The van der Waals surface area contributed by atoms with Crippen molar-refractivity contribution in [1.82, 2.24) is 9.62 Å². The second kappa shape index (κ2) is 10.5. The molecule has 13 heteroatoms. The Morgan fingerprint density at radius 3 is 2.67 bits per heavy atom. The van der Waals surface area contributed by atoms with Crippen molar-refractivity contribution in [1.29, 1.82) is 0 Å². The number of fused-ring (bicyclic) bond motifs is 1. The molecule has 1 aromatic rings. The molecule has 2 heterocycles. The van der Waals surface area contributed by atoms with Crippen molar-refractivity contribution in [2.45, 2.75) is 27.8 Å². The SMILES string of the molecule is CCNC1CN(CCCOCCOC)S(=O)(=O)c2sc(S(N)(=O)=O)cc21.Cl. The first-order chi connectivity index (χ1) is 12.2. The topological polar surface area (TPSA) is 128 Å². The van der Waals surface area contributed by atoms with Gasteiger partial charge in [-0.2, -0.15) is 4.31 Å². The molecule has 1 aliphatic rings. The van der Waals surface area contributed by atoms with E-state index in [1.54, 1.807) is 7.11 Å². The minimum Gasteiger partial charge on any atom is -0.382 e. The third kappa shape index (κ3) is 6.08. The van der Waals surface area contributed by atoms with Gasteiger partial charge >= 0.3 is 0 Å². The summed E-state index contributed by atoms with van der Waals surface area (Å²) in [6.45, 7) is 4.42. The minimum absolute atomic E-state index is 0. The molecule has 27 heavy (non-hydrogen) atoms. The summed E-state index contributed by atoms with van der Waals surface area (Å²) in [6.07, 6.45) is 0.532. The minimum atomic E-state index is -3.96. The van der Waals surface area contributed by atoms with Crippen LogP contribution in [0, 0.1) is 0 Å². The van der Waals surface area contributed by atoms with Crippen molar-refractivity contribution in [3.05, 3.63) is 11.6 Å². The molecule has 3 N–H and O–H groups in total. The predicted molar refractivity (Wildman–Crippen MR) is 105 cm³/mol. The van der Waals surface area contributed by atoms with Crippen molar-refractivity contribution >= 4 is 43.8 Å². The van der Waals surface area contributed by atoms with Crippen molar-refractivity contribution < 1.29 is 26.3 Å². The molecule has 0 radical (unpaired) electrons. The Bertz CT molecular complexity index is 812. The van der Waals surface area contributed by atoms with E-state index in [0.29, 0.717) is 56.2 Å². The van der Waals surface area contributed by atoms with E-state index in [1.807, 2.05) is 6.92 Å². The van der Waals surface area contributed by atoms with Gasteiger partial charge in [-0.3, -0.25) is 0 Å². The molecular weight excluding hydrogens is 438 g/mol. The highest BCUT2D eigenvalue weighted by Crippen LogP contribution is 2.39. The Morgan fingerprint density at radius 1 is 1.37 bits per heavy atom. The second-order valence-corrected chi connectivity index (χ2v) is 10.8. The average molecular weight is 464 g/mol. The van der Waals surface area contributed by atoms with Crippen molar-refractivity contribution in [2.24, 2.45) is 5.14 Å². The summed E-state index contributed by atoms with van der Waals surface area (Å²) in [5, 5.41) is 8.39. The molecular formula is C14H26ClN3O6S3. The predicted octanol–water partition coefficient (Wildman–Crippen LogP) is 0.525. The van der Waals surface area contributed by atoms with Gasteiger partial charge in [-0.05, 0) is 19.0 Å². The third-order valence-electron chi connectivity index (χ3n) is 3.90. The van der Waals surface area contributed by atoms with Crippen LogP contribution < -0.4 is 10.5 Å². The van der Waals surface area contributed by atoms with Crippen LogP contribution in [0.3, 0.4) is 0 Å². The van der Waals surface area contributed by atoms with E-state index in [9.17, 15) is 16.8 Å². The number of sulfonamides is 2. The molecule has 158 valence electrons. The summed E-state index contributed by atoms with van der Waals surface area (Å²) < 4.78 is 60.5. The fraction of sp³-hybridized carbons (Fsp3) is 0.714. The van der Waals surface area contributed by atoms with Crippen LogP contribution in [0.25, 0.3) is 0 Å². The Hall–Kier alpha value is -0.310. The molecule has 2 rings (SSSR count). The fourth-order valence-electron chi connectivity index (χ4n) is 2.69. The lowest BCUT2D eigenvalue weighted by Crippen LogP contribution is -2.43. The normalized spacial score (nSPS) is 19.4. The van der Waals surface area contributed by atoms with Gasteiger partial charge in [0.25, 0.3) is 10.0 Å². The molecule has 0 saturated heterocycles. The molecule has 0 aromatic carbocycles. The van der Waals surface area contributed by atoms with Gasteiger partial charge in [0.15, 0.2) is 0 Å². The highest BCUT2D eigenvalue weighted by molar-refractivity contribution is 7.94. The first kappa shape index (κ1) is 24.7. The van der Waals surface area contributed by atoms with E-state index in [-0.39, 0.29) is 33.4 Å². The quantitative estimate of drug-likeness (QED) is 0.484. The van der Waals surface area contributed by atoms with Gasteiger partial charge < -0.3 is 14.8 Å². The maximum Gasteiger partial charge on any atom is 0.252 e. The molecule has 9 nitrogen and oxygen atoms in total. The Labute approximate surface area is 170 Å². The first-order valence-electron chi connectivity index (χ1n) is 8.18. The van der Waals surface area contributed by atoms with Crippen LogP contribution in [0.1, 0.15) is 24.9 Å². The molecule has 0 aliphatic carbocycles. The van der Waals surface area contributed by atoms with Gasteiger partial charge in [0.2, 0.25) is 10.0 Å².